The minimum Gasteiger partial charge on any atom is -0.506 e. The van der Waals surface area contributed by atoms with Crippen molar-refractivity contribution in [3.63, 3.8) is 0 Å². The number of anilines is 2. The molecule has 0 fully saturated rings. The van der Waals surface area contributed by atoms with Crippen LogP contribution in [0.1, 0.15) is 22.3 Å². The fourth-order valence-corrected chi connectivity index (χ4v) is 4.58. The lowest BCUT2D eigenvalue weighted by Crippen LogP contribution is -2.28. The molecule has 0 radical (unpaired) electrons. The van der Waals surface area contributed by atoms with Crippen LogP contribution in [0.25, 0.3) is 11.1 Å². The average Bonchev–Trinajstić information content (AvgIpc) is 3.04. The van der Waals surface area contributed by atoms with Gasteiger partial charge in [0.25, 0.3) is 0 Å². The molecule has 142 valence electrons. The summed E-state index contributed by atoms with van der Waals surface area (Å²) in [5.41, 5.74) is 17.9. The topological polar surface area (TPSA) is 92.5 Å². The molecule has 1 aliphatic rings. The van der Waals surface area contributed by atoms with Gasteiger partial charge < -0.3 is 21.7 Å². The monoisotopic (exact) mass is 380 g/mol. The number of aromatic hydroxyl groups is 2. The SMILES string of the molecule is Nc1ccc(C2(c3ccc(N)c(O)c3)c3ccccc3-c3ccccc32)cc1O. The van der Waals surface area contributed by atoms with Crippen LogP contribution in [0, 0.1) is 0 Å². The highest BCUT2D eigenvalue weighted by atomic mass is 16.3. The highest BCUT2D eigenvalue weighted by molar-refractivity contribution is 5.86. The summed E-state index contributed by atoms with van der Waals surface area (Å²) in [6, 6.07) is 27.2. The van der Waals surface area contributed by atoms with Crippen LogP contribution in [-0.2, 0) is 5.41 Å². The van der Waals surface area contributed by atoms with Crippen LogP contribution in [-0.4, -0.2) is 10.2 Å². The van der Waals surface area contributed by atoms with E-state index in [1.54, 1.807) is 24.3 Å². The fourth-order valence-electron chi connectivity index (χ4n) is 4.58. The third kappa shape index (κ3) is 2.26. The zero-order valence-corrected chi connectivity index (χ0v) is 15.6. The second-order valence-electron chi connectivity index (χ2n) is 7.39. The van der Waals surface area contributed by atoms with Gasteiger partial charge in [-0.05, 0) is 57.6 Å². The van der Waals surface area contributed by atoms with Crippen LogP contribution in [0.2, 0.25) is 0 Å². The molecule has 0 heterocycles. The van der Waals surface area contributed by atoms with Crippen molar-refractivity contribution >= 4 is 11.4 Å². The molecule has 0 spiro atoms. The maximum Gasteiger partial charge on any atom is 0.138 e. The number of hydrogen-bond acceptors (Lipinski definition) is 4. The normalized spacial score (nSPS) is 13.7. The lowest BCUT2D eigenvalue weighted by atomic mass is 9.67. The van der Waals surface area contributed by atoms with Crippen molar-refractivity contribution in [3.8, 4) is 22.6 Å². The Morgan fingerprint density at radius 3 is 1.38 bits per heavy atom. The van der Waals surface area contributed by atoms with Gasteiger partial charge in [0.15, 0.2) is 0 Å². The molecule has 0 aliphatic heterocycles. The largest absolute Gasteiger partial charge is 0.506 e. The van der Waals surface area contributed by atoms with Gasteiger partial charge in [0, 0.05) is 0 Å². The van der Waals surface area contributed by atoms with E-state index >= 15 is 0 Å². The molecule has 0 amide bonds. The summed E-state index contributed by atoms with van der Waals surface area (Å²) in [6.07, 6.45) is 0. The van der Waals surface area contributed by atoms with Gasteiger partial charge in [-0.3, -0.25) is 0 Å². The number of phenols is 2. The van der Waals surface area contributed by atoms with Crippen LogP contribution < -0.4 is 11.5 Å². The second kappa shape index (κ2) is 6.04. The molecule has 0 bridgehead atoms. The van der Waals surface area contributed by atoms with Gasteiger partial charge in [-0.15, -0.1) is 0 Å². The molecule has 4 nitrogen and oxygen atoms in total. The molecule has 1 aliphatic carbocycles. The van der Waals surface area contributed by atoms with E-state index in [-0.39, 0.29) is 11.5 Å². The highest BCUT2D eigenvalue weighted by Crippen LogP contribution is 2.56. The molecule has 4 heteroatoms. The molecule has 0 unspecified atom stereocenters. The summed E-state index contributed by atoms with van der Waals surface area (Å²) in [6.45, 7) is 0. The molecule has 0 saturated carbocycles. The van der Waals surface area contributed by atoms with Gasteiger partial charge in [0.2, 0.25) is 0 Å². The van der Waals surface area contributed by atoms with Gasteiger partial charge >= 0.3 is 0 Å². The standard InChI is InChI=1S/C25H20N2O2/c26-21-11-9-15(13-23(21)28)25(16-10-12-22(27)24(29)14-16)19-7-3-1-5-17(19)18-6-2-4-8-20(18)25/h1-14,28-29H,26-27H2. The summed E-state index contributed by atoms with van der Waals surface area (Å²) in [5.74, 6) is 0.0619. The Kier molecular flexibility index (Phi) is 3.58. The van der Waals surface area contributed by atoms with Crippen molar-refractivity contribution in [3.05, 3.63) is 107 Å². The summed E-state index contributed by atoms with van der Waals surface area (Å²) < 4.78 is 0. The third-order valence-electron chi connectivity index (χ3n) is 5.88. The summed E-state index contributed by atoms with van der Waals surface area (Å²) in [5, 5.41) is 20.8. The Bertz CT molecular complexity index is 1160. The molecule has 6 N–H and O–H groups in total. The van der Waals surface area contributed by atoms with Gasteiger partial charge in [-0.25, -0.2) is 0 Å². The second-order valence-corrected chi connectivity index (χ2v) is 7.39. The molecule has 5 rings (SSSR count). The van der Waals surface area contributed by atoms with Crippen LogP contribution in [0.15, 0.2) is 84.9 Å². The molecule has 4 aromatic carbocycles. The number of phenolic OH excluding ortho intramolecular Hbond substituents is 2. The molecule has 0 saturated heterocycles. The summed E-state index contributed by atoms with van der Waals surface area (Å²) in [4.78, 5) is 0. The van der Waals surface area contributed by atoms with Crippen molar-refractivity contribution in [1.82, 2.24) is 0 Å². The van der Waals surface area contributed by atoms with E-state index in [1.165, 1.54) is 0 Å². The molecular weight excluding hydrogens is 360 g/mol. The van der Waals surface area contributed by atoms with E-state index in [1.807, 2.05) is 36.4 Å². The van der Waals surface area contributed by atoms with Crippen LogP contribution in [0.3, 0.4) is 0 Å². The Morgan fingerprint density at radius 1 is 0.552 bits per heavy atom. The van der Waals surface area contributed by atoms with Gasteiger partial charge in [0.05, 0.1) is 16.8 Å². The van der Waals surface area contributed by atoms with Gasteiger partial charge in [0.1, 0.15) is 11.5 Å². The van der Waals surface area contributed by atoms with Crippen LogP contribution >= 0.6 is 0 Å². The summed E-state index contributed by atoms with van der Waals surface area (Å²) in [7, 11) is 0. The number of benzene rings is 4. The third-order valence-corrected chi connectivity index (χ3v) is 5.88. The number of fused-ring (bicyclic) bond motifs is 3. The van der Waals surface area contributed by atoms with Crippen molar-refractivity contribution in [1.29, 1.82) is 0 Å². The number of nitrogen functional groups attached to an aromatic ring is 2. The molecule has 0 atom stereocenters. The first-order chi connectivity index (χ1) is 14.0. The maximum absolute atomic E-state index is 10.4. The highest BCUT2D eigenvalue weighted by Gasteiger charge is 2.46. The molecule has 0 aromatic heterocycles. The predicted molar refractivity (Wildman–Crippen MR) is 116 cm³/mol. The predicted octanol–water partition coefficient (Wildman–Crippen LogP) is 4.63. The minimum atomic E-state index is -0.719. The van der Waals surface area contributed by atoms with E-state index in [2.05, 4.69) is 24.3 Å². The van der Waals surface area contributed by atoms with Crippen LogP contribution in [0.4, 0.5) is 11.4 Å². The molecule has 4 aromatic rings. The Hall–Kier alpha value is -3.92. The lowest BCUT2D eigenvalue weighted by Gasteiger charge is -2.34. The smallest absolute Gasteiger partial charge is 0.138 e. The first kappa shape index (κ1) is 17.2. The first-order valence-corrected chi connectivity index (χ1v) is 9.41. The minimum absolute atomic E-state index is 0.0309. The van der Waals surface area contributed by atoms with E-state index in [0.717, 1.165) is 33.4 Å². The summed E-state index contributed by atoms with van der Waals surface area (Å²) >= 11 is 0. The van der Waals surface area contributed by atoms with E-state index in [9.17, 15) is 10.2 Å². The Balaban J connectivity index is 1.97. The molecular formula is C25H20N2O2. The Morgan fingerprint density at radius 2 is 0.966 bits per heavy atom. The average molecular weight is 380 g/mol. The van der Waals surface area contributed by atoms with Crippen molar-refractivity contribution in [2.24, 2.45) is 0 Å². The first-order valence-electron chi connectivity index (χ1n) is 9.41. The van der Waals surface area contributed by atoms with Crippen molar-refractivity contribution in [2.45, 2.75) is 5.41 Å². The molecule has 29 heavy (non-hydrogen) atoms. The maximum atomic E-state index is 10.4. The van der Waals surface area contributed by atoms with Gasteiger partial charge in [-0.2, -0.15) is 0 Å². The number of hydrogen-bond donors (Lipinski definition) is 4. The zero-order chi connectivity index (χ0) is 20.2. The van der Waals surface area contributed by atoms with Crippen molar-refractivity contribution in [2.75, 3.05) is 11.5 Å². The number of rotatable bonds is 2. The number of nitrogens with two attached hydrogens (primary N) is 2. The lowest BCUT2D eigenvalue weighted by molar-refractivity contribution is 0.475. The van der Waals surface area contributed by atoms with Crippen LogP contribution in [0.5, 0.6) is 11.5 Å². The Labute approximate surface area is 168 Å². The quantitative estimate of drug-likeness (QED) is 0.265. The van der Waals surface area contributed by atoms with Crippen molar-refractivity contribution < 1.29 is 10.2 Å². The van der Waals surface area contributed by atoms with E-state index in [0.29, 0.717) is 11.4 Å². The zero-order valence-electron chi connectivity index (χ0n) is 15.6. The van der Waals surface area contributed by atoms with E-state index in [4.69, 9.17) is 11.5 Å². The van der Waals surface area contributed by atoms with Gasteiger partial charge in [-0.1, -0.05) is 60.7 Å². The fraction of sp³-hybridized carbons (Fsp3) is 0.0400. The van der Waals surface area contributed by atoms with E-state index < -0.39 is 5.41 Å².